The topological polar surface area (TPSA) is 118 Å². The normalized spacial score (nSPS) is 11.7. The highest BCUT2D eigenvalue weighted by Crippen LogP contribution is 2.27. The van der Waals surface area contributed by atoms with Crippen LogP contribution in [0.2, 0.25) is 0 Å². The Balaban J connectivity index is 2.20. The molecule has 0 bridgehead atoms. The van der Waals surface area contributed by atoms with Gasteiger partial charge in [0.05, 0.1) is 21.1 Å². The van der Waals surface area contributed by atoms with E-state index in [1.165, 1.54) is 25.1 Å². The first-order valence-corrected chi connectivity index (χ1v) is 9.11. The maximum Gasteiger partial charge on any atom is 0.405 e. The average Bonchev–Trinajstić information content (AvgIpc) is 2.60. The van der Waals surface area contributed by atoms with Gasteiger partial charge in [-0.25, -0.2) is 8.42 Å². The second kappa shape index (κ2) is 7.84. The molecule has 0 saturated carbocycles. The Morgan fingerprint density at radius 2 is 1.75 bits per heavy atom. The zero-order valence-corrected chi connectivity index (χ0v) is 15.1. The number of alkyl halides is 3. The molecule has 0 radical (unpaired) electrons. The molecular weight excluding hydrogens is 403 g/mol. The molecule has 12 heteroatoms. The molecule has 0 heterocycles. The molecule has 0 saturated heterocycles. The molecule has 0 spiro atoms. The van der Waals surface area contributed by atoms with Crippen molar-refractivity contribution in [1.82, 2.24) is 5.32 Å². The van der Waals surface area contributed by atoms with Crippen molar-refractivity contribution in [1.29, 1.82) is 0 Å². The molecule has 8 nitrogen and oxygen atoms in total. The smallest absolute Gasteiger partial charge is 0.343 e. The molecule has 0 aliphatic heterocycles. The van der Waals surface area contributed by atoms with Crippen LogP contribution in [0.15, 0.2) is 47.4 Å². The van der Waals surface area contributed by atoms with Crippen LogP contribution in [0.1, 0.15) is 15.9 Å². The first-order chi connectivity index (χ1) is 12.9. The van der Waals surface area contributed by atoms with E-state index in [4.69, 9.17) is 0 Å². The molecular formula is C16H14F3N3O5S. The summed E-state index contributed by atoms with van der Waals surface area (Å²) in [5.74, 6) is -1.01. The molecule has 0 unspecified atom stereocenters. The molecule has 2 aromatic rings. The summed E-state index contributed by atoms with van der Waals surface area (Å²) >= 11 is 0. The maximum atomic E-state index is 12.4. The van der Waals surface area contributed by atoms with Crippen LogP contribution in [0.5, 0.6) is 0 Å². The summed E-state index contributed by atoms with van der Waals surface area (Å²) in [4.78, 5) is 21.7. The largest absolute Gasteiger partial charge is 0.405 e. The highest BCUT2D eigenvalue weighted by Gasteiger charge is 2.28. The summed E-state index contributed by atoms with van der Waals surface area (Å²) in [5, 5.41) is 12.6. The number of nitrogens with zero attached hydrogens (tertiary/aromatic N) is 1. The van der Waals surface area contributed by atoms with E-state index in [0.717, 1.165) is 24.3 Å². The van der Waals surface area contributed by atoms with E-state index in [1.807, 2.05) is 0 Å². The second-order valence-electron chi connectivity index (χ2n) is 5.63. The lowest BCUT2D eigenvalue weighted by molar-refractivity contribution is -0.385. The van der Waals surface area contributed by atoms with E-state index in [-0.39, 0.29) is 27.4 Å². The molecule has 0 atom stereocenters. The fourth-order valence-electron chi connectivity index (χ4n) is 2.20. The molecule has 28 heavy (non-hydrogen) atoms. The van der Waals surface area contributed by atoms with Crippen LogP contribution < -0.4 is 10.0 Å². The number of hydrogen-bond donors (Lipinski definition) is 2. The van der Waals surface area contributed by atoms with Crippen molar-refractivity contribution in [2.75, 3.05) is 11.3 Å². The van der Waals surface area contributed by atoms with Gasteiger partial charge in [0.1, 0.15) is 6.54 Å². The van der Waals surface area contributed by atoms with Crippen molar-refractivity contribution < 1.29 is 31.3 Å². The number of rotatable bonds is 6. The van der Waals surface area contributed by atoms with Crippen molar-refractivity contribution in [3.8, 4) is 0 Å². The third kappa shape index (κ3) is 5.19. The van der Waals surface area contributed by atoms with E-state index < -0.39 is 33.6 Å². The van der Waals surface area contributed by atoms with Crippen molar-refractivity contribution in [3.63, 3.8) is 0 Å². The van der Waals surface area contributed by atoms with Gasteiger partial charge in [0.2, 0.25) is 0 Å². The second-order valence-corrected chi connectivity index (χ2v) is 7.32. The molecule has 0 aliphatic carbocycles. The minimum absolute atomic E-state index is 0.00111. The van der Waals surface area contributed by atoms with Gasteiger partial charge in [0.25, 0.3) is 21.6 Å². The number of nitro benzene ring substituents is 1. The molecule has 150 valence electrons. The lowest BCUT2D eigenvalue weighted by Gasteiger charge is -2.11. The lowest BCUT2D eigenvalue weighted by atomic mass is 10.2. The Morgan fingerprint density at radius 3 is 2.29 bits per heavy atom. The first-order valence-electron chi connectivity index (χ1n) is 7.62. The van der Waals surface area contributed by atoms with Crippen molar-refractivity contribution >= 4 is 27.3 Å². The fourth-order valence-corrected chi connectivity index (χ4v) is 3.33. The average molecular weight is 417 g/mol. The minimum Gasteiger partial charge on any atom is -0.343 e. The Hall–Kier alpha value is -3.15. The van der Waals surface area contributed by atoms with E-state index >= 15 is 0 Å². The molecule has 2 rings (SSSR count). The SMILES string of the molecule is Cc1c(NS(=O)(=O)c2ccc(C(=O)NCC(F)(F)F)cc2)cccc1[N+](=O)[O-]. The fraction of sp³-hybridized carbons (Fsp3) is 0.188. The van der Waals surface area contributed by atoms with Crippen LogP contribution in [-0.4, -0.2) is 32.0 Å². The lowest BCUT2D eigenvalue weighted by Crippen LogP contribution is -2.33. The predicted octanol–water partition coefficient (Wildman–Crippen LogP) is 3.00. The van der Waals surface area contributed by atoms with Gasteiger partial charge in [-0.15, -0.1) is 0 Å². The molecule has 2 N–H and O–H groups in total. The number of carbonyl (C=O) groups is 1. The van der Waals surface area contributed by atoms with Gasteiger partial charge in [0.15, 0.2) is 0 Å². The van der Waals surface area contributed by atoms with E-state index in [1.54, 1.807) is 5.32 Å². The summed E-state index contributed by atoms with van der Waals surface area (Å²) in [7, 11) is -4.14. The monoisotopic (exact) mass is 417 g/mol. The molecule has 0 aromatic heterocycles. The van der Waals surface area contributed by atoms with Gasteiger partial charge in [-0.2, -0.15) is 13.2 Å². The number of amides is 1. The van der Waals surface area contributed by atoms with E-state index in [9.17, 15) is 36.5 Å². The van der Waals surface area contributed by atoms with Gasteiger partial charge in [0, 0.05) is 11.6 Å². The van der Waals surface area contributed by atoms with Crippen molar-refractivity contribution in [2.24, 2.45) is 0 Å². The Bertz CT molecular complexity index is 1010. The Kier molecular flexibility index (Phi) is 5.92. The summed E-state index contributed by atoms with van der Waals surface area (Å²) in [6.45, 7) is -0.135. The van der Waals surface area contributed by atoms with Gasteiger partial charge in [-0.1, -0.05) is 6.07 Å². The summed E-state index contributed by atoms with van der Waals surface area (Å²) in [6.07, 6.45) is -4.57. The summed E-state index contributed by atoms with van der Waals surface area (Å²) in [5.41, 5.74) is -0.313. The van der Waals surface area contributed by atoms with Gasteiger partial charge in [-0.3, -0.25) is 19.6 Å². The number of nitrogens with one attached hydrogen (secondary N) is 2. The number of nitro groups is 1. The van der Waals surface area contributed by atoms with Crippen LogP contribution >= 0.6 is 0 Å². The summed E-state index contributed by atoms with van der Waals surface area (Å²) in [6, 6.07) is 8.08. The van der Waals surface area contributed by atoms with Crippen molar-refractivity contribution in [2.45, 2.75) is 18.0 Å². The predicted molar refractivity (Wildman–Crippen MR) is 93.5 cm³/mol. The van der Waals surface area contributed by atoms with Crippen LogP contribution in [0.3, 0.4) is 0 Å². The first kappa shape index (κ1) is 21.2. The third-order valence-corrected chi connectivity index (χ3v) is 5.00. The highest BCUT2D eigenvalue weighted by atomic mass is 32.2. The molecule has 2 aromatic carbocycles. The van der Waals surface area contributed by atoms with Gasteiger partial charge in [-0.05, 0) is 37.3 Å². The van der Waals surface area contributed by atoms with Gasteiger partial charge < -0.3 is 5.32 Å². The molecule has 0 aliphatic rings. The quantitative estimate of drug-likeness (QED) is 0.553. The number of halogens is 3. The molecule has 1 amide bonds. The number of anilines is 1. The number of sulfonamides is 1. The maximum absolute atomic E-state index is 12.4. The van der Waals surface area contributed by atoms with Crippen LogP contribution in [0.25, 0.3) is 0 Å². The minimum atomic E-state index is -4.57. The van der Waals surface area contributed by atoms with E-state index in [0.29, 0.717) is 0 Å². The van der Waals surface area contributed by atoms with Crippen LogP contribution in [0.4, 0.5) is 24.5 Å². The zero-order valence-electron chi connectivity index (χ0n) is 14.3. The Morgan fingerprint density at radius 1 is 1.14 bits per heavy atom. The van der Waals surface area contributed by atoms with E-state index in [2.05, 4.69) is 4.72 Å². The number of benzene rings is 2. The number of carbonyl (C=O) groups excluding carboxylic acids is 1. The third-order valence-electron chi connectivity index (χ3n) is 3.62. The summed E-state index contributed by atoms with van der Waals surface area (Å²) < 4.78 is 63.5. The van der Waals surface area contributed by atoms with Crippen LogP contribution in [-0.2, 0) is 10.0 Å². The highest BCUT2D eigenvalue weighted by molar-refractivity contribution is 7.92. The Labute approximate surface area is 157 Å². The zero-order chi connectivity index (χ0) is 21.1. The number of hydrogen-bond acceptors (Lipinski definition) is 5. The van der Waals surface area contributed by atoms with Crippen LogP contribution in [0, 0.1) is 17.0 Å². The molecule has 0 fully saturated rings. The standard InChI is InChI=1S/C16H14F3N3O5S/c1-10-13(3-2-4-14(10)22(24)25)21-28(26,27)12-7-5-11(6-8-12)15(23)20-9-16(17,18)19/h2-8,21H,9H2,1H3,(H,20,23). The van der Waals surface area contributed by atoms with Crippen molar-refractivity contribution in [3.05, 3.63) is 63.7 Å². The van der Waals surface area contributed by atoms with Gasteiger partial charge >= 0.3 is 6.18 Å².